The fourth-order valence-corrected chi connectivity index (χ4v) is 5.71. The van der Waals surface area contributed by atoms with E-state index in [2.05, 4.69) is 26.5 Å². The summed E-state index contributed by atoms with van der Waals surface area (Å²) in [4.78, 5) is 22.3. The third-order valence-electron chi connectivity index (χ3n) is 6.32. The number of amides is 1. The minimum absolute atomic E-state index is 0.136. The first-order chi connectivity index (χ1) is 16.2. The Labute approximate surface area is 205 Å². The second kappa shape index (κ2) is 11.8. The Morgan fingerprint density at radius 2 is 1.94 bits per heavy atom. The van der Waals surface area contributed by atoms with Crippen LogP contribution in [-0.4, -0.2) is 67.3 Å². The highest BCUT2D eigenvalue weighted by atomic mass is 32.1. The van der Waals surface area contributed by atoms with Crippen LogP contribution >= 0.6 is 23.6 Å². The van der Waals surface area contributed by atoms with Crippen LogP contribution in [0.4, 0.5) is 11.4 Å². The summed E-state index contributed by atoms with van der Waals surface area (Å²) in [7, 11) is 1.69. The van der Waals surface area contributed by atoms with E-state index in [9.17, 15) is 4.79 Å². The smallest absolute Gasteiger partial charge is 0.275 e. The molecule has 1 aromatic heterocycles. The van der Waals surface area contributed by atoms with Gasteiger partial charge in [-0.25, -0.2) is 4.98 Å². The van der Waals surface area contributed by atoms with Crippen LogP contribution in [0.1, 0.15) is 53.5 Å². The van der Waals surface area contributed by atoms with Crippen LogP contribution in [0.15, 0.2) is 29.6 Å². The van der Waals surface area contributed by atoms with Crippen molar-refractivity contribution in [3.63, 3.8) is 0 Å². The lowest BCUT2D eigenvalue weighted by molar-refractivity contribution is 0.102. The number of anilines is 2. The average Bonchev–Trinajstić information content (AvgIpc) is 3.36. The van der Waals surface area contributed by atoms with Gasteiger partial charge in [0.25, 0.3) is 5.91 Å². The summed E-state index contributed by atoms with van der Waals surface area (Å²) in [6.45, 7) is 5.24. The molecule has 1 amide bonds. The lowest BCUT2D eigenvalue weighted by atomic mass is 9.98. The van der Waals surface area contributed by atoms with Crippen LogP contribution in [0.3, 0.4) is 0 Å². The van der Waals surface area contributed by atoms with Crippen molar-refractivity contribution in [3.8, 4) is 0 Å². The predicted molar refractivity (Wildman–Crippen MR) is 139 cm³/mol. The molecular weight excluding hydrogens is 454 g/mol. The van der Waals surface area contributed by atoms with Crippen molar-refractivity contribution >= 4 is 45.9 Å². The molecule has 4 rings (SSSR count). The van der Waals surface area contributed by atoms with Gasteiger partial charge in [-0.1, -0.05) is 12.1 Å². The lowest BCUT2D eigenvalue weighted by Crippen LogP contribution is -2.44. The normalized spacial score (nSPS) is 17.1. The number of methoxy groups -OCH3 is 1. The van der Waals surface area contributed by atoms with E-state index >= 15 is 0 Å². The summed E-state index contributed by atoms with van der Waals surface area (Å²) < 4.78 is 5.07. The van der Waals surface area contributed by atoms with Gasteiger partial charge in [-0.15, -0.1) is 11.3 Å². The van der Waals surface area contributed by atoms with Gasteiger partial charge in [-0.3, -0.25) is 4.79 Å². The van der Waals surface area contributed by atoms with E-state index < -0.39 is 0 Å². The number of thiazole rings is 1. The molecule has 7 nitrogen and oxygen atoms in total. The maximum Gasteiger partial charge on any atom is 0.275 e. The van der Waals surface area contributed by atoms with Crippen molar-refractivity contribution in [2.45, 2.75) is 38.0 Å². The van der Waals surface area contributed by atoms with Crippen molar-refractivity contribution in [1.82, 2.24) is 15.2 Å². The van der Waals surface area contributed by atoms with Gasteiger partial charge in [-0.2, -0.15) is 0 Å². The molecule has 9 heteroatoms. The van der Waals surface area contributed by atoms with E-state index in [1.54, 1.807) is 18.4 Å². The van der Waals surface area contributed by atoms with Gasteiger partial charge < -0.3 is 25.2 Å². The molecule has 2 saturated heterocycles. The summed E-state index contributed by atoms with van der Waals surface area (Å²) in [5.74, 6) is 0.234. The molecule has 0 spiro atoms. The Bertz CT molecular complexity index is 936. The number of benzene rings is 1. The van der Waals surface area contributed by atoms with E-state index in [0.29, 0.717) is 18.2 Å². The Morgan fingerprint density at radius 1 is 1.18 bits per heavy atom. The molecule has 2 aliphatic rings. The Balaban J connectivity index is 1.33. The van der Waals surface area contributed by atoms with Gasteiger partial charge >= 0.3 is 0 Å². The molecule has 0 radical (unpaired) electrons. The number of carbonyl (C=O) groups is 1. The molecule has 178 valence electrons. The molecule has 2 N–H and O–H groups in total. The second-order valence-electron chi connectivity index (χ2n) is 8.58. The van der Waals surface area contributed by atoms with E-state index in [4.69, 9.17) is 21.9 Å². The largest absolute Gasteiger partial charge is 0.383 e. The number of carbonyl (C=O) groups excluding carboxylic acids is 1. The lowest BCUT2D eigenvalue weighted by Gasteiger charge is -2.33. The molecule has 2 aromatic rings. The van der Waals surface area contributed by atoms with Crippen LogP contribution in [0.5, 0.6) is 0 Å². The summed E-state index contributed by atoms with van der Waals surface area (Å²) in [6, 6.07) is 8.08. The minimum Gasteiger partial charge on any atom is -0.383 e. The number of para-hydroxylation sites is 2. The SMILES string of the molecule is COCCNC(=S)N1CCC(c2nc(C(=O)Nc3ccccc3N3CCCCC3)cs2)CC1. The molecule has 2 aliphatic heterocycles. The number of nitrogens with one attached hydrogen (secondary N) is 2. The zero-order valence-electron chi connectivity index (χ0n) is 19.2. The minimum atomic E-state index is -0.136. The van der Waals surface area contributed by atoms with Gasteiger partial charge in [0.1, 0.15) is 5.69 Å². The van der Waals surface area contributed by atoms with Crippen LogP contribution < -0.4 is 15.5 Å². The standard InChI is InChI=1S/C24H33N5O2S2/c1-31-16-11-25-24(32)29-14-9-18(10-15-29)23-27-20(17-33-23)22(30)26-19-7-3-4-8-21(19)28-12-5-2-6-13-28/h3-4,7-8,17-18H,2,5-6,9-16H2,1H3,(H,25,32)(H,26,30). The van der Waals surface area contributed by atoms with Crippen molar-refractivity contribution < 1.29 is 9.53 Å². The van der Waals surface area contributed by atoms with Crippen molar-refractivity contribution in [1.29, 1.82) is 0 Å². The first-order valence-corrected chi connectivity index (χ1v) is 13.1. The fraction of sp³-hybridized carbons (Fsp3) is 0.542. The summed E-state index contributed by atoms with van der Waals surface area (Å²) in [5.41, 5.74) is 2.47. The van der Waals surface area contributed by atoms with Gasteiger partial charge in [0.2, 0.25) is 0 Å². The molecule has 3 heterocycles. The number of thiocarbonyl (C=S) groups is 1. The number of hydrogen-bond donors (Lipinski definition) is 2. The topological polar surface area (TPSA) is 69.7 Å². The third-order valence-corrected chi connectivity index (χ3v) is 7.73. The van der Waals surface area contributed by atoms with E-state index in [-0.39, 0.29) is 5.91 Å². The monoisotopic (exact) mass is 487 g/mol. The van der Waals surface area contributed by atoms with Gasteiger partial charge in [0.15, 0.2) is 5.11 Å². The number of nitrogens with zero attached hydrogens (tertiary/aromatic N) is 3. The van der Waals surface area contributed by atoms with Gasteiger partial charge in [0, 0.05) is 51.1 Å². The Kier molecular flexibility index (Phi) is 8.52. The molecule has 0 saturated carbocycles. The number of piperidine rings is 2. The highest BCUT2D eigenvalue weighted by molar-refractivity contribution is 7.80. The molecular formula is C24H33N5O2S2. The number of likely N-dealkylation sites (tertiary alicyclic amines) is 1. The predicted octanol–water partition coefficient (Wildman–Crippen LogP) is 4.09. The molecule has 0 unspecified atom stereocenters. The van der Waals surface area contributed by atoms with Gasteiger partial charge in [-0.05, 0) is 56.5 Å². The first-order valence-electron chi connectivity index (χ1n) is 11.8. The molecule has 33 heavy (non-hydrogen) atoms. The highest BCUT2D eigenvalue weighted by Crippen LogP contribution is 2.32. The number of ether oxygens (including phenoxy) is 1. The molecule has 1 aromatic carbocycles. The molecule has 0 aliphatic carbocycles. The average molecular weight is 488 g/mol. The summed E-state index contributed by atoms with van der Waals surface area (Å²) >= 11 is 7.08. The van der Waals surface area contributed by atoms with E-state index in [0.717, 1.165) is 67.1 Å². The van der Waals surface area contributed by atoms with Crippen molar-refractivity contribution in [3.05, 3.63) is 40.3 Å². The molecule has 0 atom stereocenters. The number of aromatic nitrogens is 1. The van der Waals surface area contributed by atoms with Crippen molar-refractivity contribution in [2.24, 2.45) is 0 Å². The number of hydrogen-bond acceptors (Lipinski definition) is 6. The first kappa shape index (κ1) is 23.9. The Morgan fingerprint density at radius 3 is 2.70 bits per heavy atom. The summed E-state index contributed by atoms with van der Waals surface area (Å²) in [6.07, 6.45) is 5.65. The summed E-state index contributed by atoms with van der Waals surface area (Å²) in [5, 5.41) is 10.1. The van der Waals surface area contributed by atoms with Crippen LogP contribution in [-0.2, 0) is 4.74 Å². The fourth-order valence-electron chi connectivity index (χ4n) is 4.46. The van der Waals surface area contributed by atoms with E-state index in [1.165, 1.54) is 19.3 Å². The van der Waals surface area contributed by atoms with Gasteiger partial charge in [0.05, 0.1) is 23.0 Å². The Hall–Kier alpha value is -2.23. The molecule has 2 fully saturated rings. The maximum absolute atomic E-state index is 13.0. The zero-order chi connectivity index (χ0) is 23.0. The second-order valence-corrected chi connectivity index (χ2v) is 9.85. The zero-order valence-corrected chi connectivity index (χ0v) is 20.8. The van der Waals surface area contributed by atoms with Crippen LogP contribution in [0, 0.1) is 0 Å². The van der Waals surface area contributed by atoms with Crippen LogP contribution in [0.2, 0.25) is 0 Å². The van der Waals surface area contributed by atoms with E-state index in [1.807, 2.05) is 23.6 Å². The molecule has 0 bridgehead atoms. The number of rotatable bonds is 7. The quantitative estimate of drug-likeness (QED) is 0.450. The van der Waals surface area contributed by atoms with Crippen LogP contribution in [0.25, 0.3) is 0 Å². The third kappa shape index (κ3) is 6.22. The van der Waals surface area contributed by atoms with Crippen molar-refractivity contribution in [2.75, 3.05) is 56.7 Å². The maximum atomic E-state index is 13.0. The highest BCUT2D eigenvalue weighted by Gasteiger charge is 2.25.